The van der Waals surface area contributed by atoms with Crippen molar-refractivity contribution in [3.63, 3.8) is 0 Å². The summed E-state index contributed by atoms with van der Waals surface area (Å²) in [6.45, 7) is 7.48. The van der Waals surface area contributed by atoms with E-state index in [0.717, 1.165) is 30.5 Å². The first kappa shape index (κ1) is 14.9. The first-order valence-electron chi connectivity index (χ1n) is 6.80. The van der Waals surface area contributed by atoms with Gasteiger partial charge in [-0.25, -0.2) is 4.98 Å². The fourth-order valence-electron chi connectivity index (χ4n) is 1.91. The lowest BCUT2D eigenvalue weighted by atomic mass is 10.2. The average Bonchev–Trinajstić information content (AvgIpc) is 2.93. The summed E-state index contributed by atoms with van der Waals surface area (Å²) in [6.07, 6.45) is 0. The highest BCUT2D eigenvalue weighted by Crippen LogP contribution is 2.26. The predicted molar refractivity (Wildman–Crippen MR) is 82.0 cm³/mol. The molecule has 0 amide bonds. The van der Waals surface area contributed by atoms with Crippen molar-refractivity contribution >= 4 is 11.8 Å². The van der Waals surface area contributed by atoms with E-state index in [4.69, 9.17) is 0 Å². The standard InChI is InChI=1S/C14H20N4OS/c1-3-18(4-2)9-10-20-14-15-13(16-17-14)11-7-5-6-8-12(11)19/h5-8,19H,3-4,9-10H2,1-2H3,(H,15,16,17). The third-order valence-corrected chi connectivity index (χ3v) is 3.98. The number of hydrogen-bond acceptors (Lipinski definition) is 5. The van der Waals surface area contributed by atoms with Crippen molar-refractivity contribution in [1.29, 1.82) is 0 Å². The second-order valence-corrected chi connectivity index (χ2v) is 5.42. The van der Waals surface area contributed by atoms with Crippen LogP contribution in [0, 0.1) is 0 Å². The summed E-state index contributed by atoms with van der Waals surface area (Å²) in [5.41, 5.74) is 0.676. The summed E-state index contributed by atoms with van der Waals surface area (Å²) < 4.78 is 0. The number of phenols is 1. The first-order valence-corrected chi connectivity index (χ1v) is 7.79. The molecule has 0 saturated heterocycles. The minimum Gasteiger partial charge on any atom is -0.507 e. The van der Waals surface area contributed by atoms with Crippen LogP contribution in [0.1, 0.15) is 13.8 Å². The highest BCUT2D eigenvalue weighted by molar-refractivity contribution is 7.99. The number of aromatic hydroxyl groups is 1. The molecule has 6 heteroatoms. The van der Waals surface area contributed by atoms with Crippen molar-refractivity contribution < 1.29 is 5.11 Å². The van der Waals surface area contributed by atoms with Gasteiger partial charge in [0.25, 0.3) is 0 Å². The number of aromatic amines is 1. The second-order valence-electron chi connectivity index (χ2n) is 4.36. The van der Waals surface area contributed by atoms with Crippen molar-refractivity contribution in [3.05, 3.63) is 24.3 Å². The van der Waals surface area contributed by atoms with Gasteiger partial charge in [-0.15, -0.1) is 5.10 Å². The number of aromatic nitrogens is 3. The summed E-state index contributed by atoms with van der Waals surface area (Å²) in [5, 5.41) is 17.6. The third-order valence-electron chi connectivity index (χ3n) is 3.16. The van der Waals surface area contributed by atoms with Crippen LogP contribution in [0.4, 0.5) is 0 Å². The number of para-hydroxylation sites is 1. The Bertz CT molecular complexity index is 539. The van der Waals surface area contributed by atoms with Crippen LogP contribution in [0.15, 0.2) is 29.4 Å². The summed E-state index contributed by atoms with van der Waals surface area (Å²) >= 11 is 1.62. The van der Waals surface area contributed by atoms with Gasteiger partial charge < -0.3 is 10.0 Å². The molecule has 2 N–H and O–H groups in total. The number of hydrogen-bond donors (Lipinski definition) is 2. The number of nitrogens with zero attached hydrogens (tertiary/aromatic N) is 3. The van der Waals surface area contributed by atoms with E-state index >= 15 is 0 Å². The van der Waals surface area contributed by atoms with E-state index < -0.39 is 0 Å². The zero-order chi connectivity index (χ0) is 14.4. The number of rotatable bonds is 7. The van der Waals surface area contributed by atoms with E-state index in [2.05, 4.69) is 33.9 Å². The van der Waals surface area contributed by atoms with Crippen molar-refractivity contribution in [2.45, 2.75) is 19.0 Å². The summed E-state index contributed by atoms with van der Waals surface area (Å²) in [6, 6.07) is 7.12. The topological polar surface area (TPSA) is 65.0 Å². The molecule has 0 unspecified atom stereocenters. The monoisotopic (exact) mass is 292 g/mol. The first-order chi connectivity index (χ1) is 9.74. The normalized spacial score (nSPS) is 11.2. The van der Waals surface area contributed by atoms with Crippen molar-refractivity contribution in [2.24, 2.45) is 0 Å². The summed E-state index contributed by atoms with van der Waals surface area (Å²) in [7, 11) is 0. The lowest BCUT2D eigenvalue weighted by Crippen LogP contribution is -2.25. The predicted octanol–water partition coefficient (Wildman–Crippen LogP) is 2.61. The number of benzene rings is 1. The zero-order valence-electron chi connectivity index (χ0n) is 11.8. The quantitative estimate of drug-likeness (QED) is 0.768. The maximum absolute atomic E-state index is 9.78. The van der Waals surface area contributed by atoms with E-state index in [1.807, 2.05) is 12.1 Å². The van der Waals surface area contributed by atoms with Gasteiger partial charge in [-0.1, -0.05) is 37.7 Å². The molecule has 0 aliphatic heterocycles. The number of thioether (sulfide) groups is 1. The molecule has 0 spiro atoms. The lowest BCUT2D eigenvalue weighted by molar-refractivity contribution is 0.324. The van der Waals surface area contributed by atoms with Gasteiger partial charge in [0.15, 0.2) is 5.82 Å². The van der Waals surface area contributed by atoms with Gasteiger partial charge in [-0.2, -0.15) is 0 Å². The van der Waals surface area contributed by atoms with Crippen molar-refractivity contribution in [3.8, 4) is 17.1 Å². The fourth-order valence-corrected chi connectivity index (χ4v) is 2.71. The Morgan fingerprint density at radius 3 is 2.70 bits per heavy atom. The minimum atomic E-state index is 0.211. The van der Waals surface area contributed by atoms with Crippen LogP contribution in [-0.4, -0.2) is 50.6 Å². The lowest BCUT2D eigenvalue weighted by Gasteiger charge is -2.16. The molecule has 1 aromatic carbocycles. The van der Waals surface area contributed by atoms with Gasteiger partial charge in [-0.3, -0.25) is 5.10 Å². The van der Waals surface area contributed by atoms with Gasteiger partial charge in [0.05, 0.1) is 5.56 Å². The largest absolute Gasteiger partial charge is 0.507 e. The third kappa shape index (κ3) is 3.74. The van der Waals surface area contributed by atoms with Crippen molar-refractivity contribution in [2.75, 3.05) is 25.4 Å². The number of nitrogens with one attached hydrogen (secondary N) is 1. The van der Waals surface area contributed by atoms with Gasteiger partial charge in [0.2, 0.25) is 5.16 Å². The molecule has 0 atom stereocenters. The molecule has 0 bridgehead atoms. The molecule has 1 heterocycles. The molecule has 2 rings (SSSR count). The van der Waals surface area contributed by atoms with Crippen LogP contribution >= 0.6 is 11.8 Å². The second kappa shape index (κ2) is 7.31. The Labute approximate surface area is 123 Å². The molecule has 5 nitrogen and oxygen atoms in total. The van der Waals surface area contributed by atoms with Crippen LogP contribution in [0.25, 0.3) is 11.4 Å². The molecular weight excluding hydrogens is 272 g/mol. The smallest absolute Gasteiger partial charge is 0.208 e. The molecule has 0 radical (unpaired) electrons. The fraction of sp³-hybridized carbons (Fsp3) is 0.429. The van der Waals surface area contributed by atoms with Crippen LogP contribution in [0.2, 0.25) is 0 Å². The van der Waals surface area contributed by atoms with Crippen LogP contribution in [0.3, 0.4) is 0 Å². The molecule has 108 valence electrons. The van der Waals surface area contributed by atoms with Gasteiger partial charge in [0, 0.05) is 12.3 Å². The Balaban J connectivity index is 1.94. The van der Waals surface area contributed by atoms with E-state index in [0.29, 0.717) is 11.4 Å². The Morgan fingerprint density at radius 1 is 1.25 bits per heavy atom. The highest BCUT2D eigenvalue weighted by atomic mass is 32.2. The maximum Gasteiger partial charge on any atom is 0.208 e. The van der Waals surface area contributed by atoms with E-state index in [-0.39, 0.29) is 5.75 Å². The van der Waals surface area contributed by atoms with Crippen LogP contribution in [-0.2, 0) is 0 Å². The van der Waals surface area contributed by atoms with E-state index in [1.165, 1.54) is 0 Å². The molecule has 1 aromatic heterocycles. The molecule has 0 fully saturated rings. The number of H-pyrrole nitrogens is 1. The van der Waals surface area contributed by atoms with Crippen molar-refractivity contribution in [1.82, 2.24) is 20.1 Å². The molecule has 0 aliphatic rings. The van der Waals surface area contributed by atoms with Crippen LogP contribution < -0.4 is 0 Å². The Kier molecular flexibility index (Phi) is 5.43. The highest BCUT2D eigenvalue weighted by Gasteiger charge is 2.09. The van der Waals surface area contributed by atoms with Gasteiger partial charge in [-0.05, 0) is 25.2 Å². The molecule has 20 heavy (non-hydrogen) atoms. The average molecular weight is 292 g/mol. The molecular formula is C14H20N4OS. The zero-order valence-corrected chi connectivity index (χ0v) is 12.7. The summed E-state index contributed by atoms with van der Waals surface area (Å²) in [4.78, 5) is 6.77. The number of phenolic OH excluding ortho intramolecular Hbond substituents is 1. The van der Waals surface area contributed by atoms with Crippen LogP contribution in [0.5, 0.6) is 5.75 Å². The molecule has 0 saturated carbocycles. The summed E-state index contributed by atoms with van der Waals surface area (Å²) in [5.74, 6) is 1.77. The molecule has 2 aromatic rings. The SMILES string of the molecule is CCN(CC)CCSc1n[nH]c(-c2ccccc2O)n1. The Hall–Kier alpha value is -1.53. The molecule has 0 aliphatic carbocycles. The van der Waals surface area contributed by atoms with E-state index in [9.17, 15) is 5.11 Å². The van der Waals surface area contributed by atoms with Gasteiger partial charge in [0.1, 0.15) is 5.75 Å². The minimum absolute atomic E-state index is 0.211. The van der Waals surface area contributed by atoms with Gasteiger partial charge >= 0.3 is 0 Å². The maximum atomic E-state index is 9.78. The Morgan fingerprint density at radius 2 is 2.00 bits per heavy atom. The van der Waals surface area contributed by atoms with E-state index in [1.54, 1.807) is 23.9 Å².